The zero-order chi connectivity index (χ0) is 28.1. The van der Waals surface area contributed by atoms with E-state index in [4.69, 9.17) is 23.2 Å². The Kier molecular flexibility index (Phi) is 10.3. The molecule has 2 rings (SSSR count). The summed E-state index contributed by atoms with van der Waals surface area (Å²) in [5.41, 5.74) is -0.896. The zero-order valence-electron chi connectivity index (χ0n) is 20.6. The van der Waals surface area contributed by atoms with Crippen molar-refractivity contribution in [2.24, 2.45) is 0 Å². The molecule has 13 heteroatoms. The van der Waals surface area contributed by atoms with Gasteiger partial charge in [0.15, 0.2) is 0 Å². The molecule has 0 spiro atoms. The Labute approximate surface area is 224 Å². The lowest BCUT2D eigenvalue weighted by atomic mass is 10.1. The number of hydrogen-bond donors (Lipinski definition) is 1. The van der Waals surface area contributed by atoms with Gasteiger partial charge in [-0.15, -0.1) is 0 Å². The van der Waals surface area contributed by atoms with Gasteiger partial charge in [0.25, 0.3) is 0 Å². The highest BCUT2D eigenvalue weighted by atomic mass is 35.5. The van der Waals surface area contributed by atoms with Crippen LogP contribution in [0, 0.1) is 0 Å². The first-order chi connectivity index (χ1) is 17.0. The maximum Gasteiger partial charge on any atom is 0.416 e. The van der Waals surface area contributed by atoms with Crippen molar-refractivity contribution in [2.45, 2.75) is 52.0 Å². The Balaban J connectivity index is 2.46. The van der Waals surface area contributed by atoms with Gasteiger partial charge in [0.2, 0.25) is 21.8 Å². The van der Waals surface area contributed by atoms with Gasteiger partial charge in [-0.1, -0.05) is 42.3 Å². The van der Waals surface area contributed by atoms with Crippen molar-refractivity contribution in [3.8, 4) is 0 Å². The summed E-state index contributed by atoms with van der Waals surface area (Å²) in [7, 11) is -4.18. The summed E-state index contributed by atoms with van der Waals surface area (Å²) in [5.74, 6) is -1.28. The number of nitrogens with zero attached hydrogens (tertiary/aromatic N) is 2. The molecule has 2 amide bonds. The average Bonchev–Trinajstić information content (AvgIpc) is 2.81. The van der Waals surface area contributed by atoms with Crippen LogP contribution in [-0.2, 0) is 32.3 Å². The van der Waals surface area contributed by atoms with E-state index in [2.05, 4.69) is 5.32 Å². The van der Waals surface area contributed by atoms with Crippen molar-refractivity contribution in [2.75, 3.05) is 17.1 Å². The summed E-state index contributed by atoms with van der Waals surface area (Å²) < 4.78 is 65.4. The smallest absolute Gasteiger partial charge is 0.352 e. The largest absolute Gasteiger partial charge is 0.416 e. The molecule has 0 aliphatic rings. The number of anilines is 1. The van der Waals surface area contributed by atoms with Crippen molar-refractivity contribution in [1.29, 1.82) is 0 Å². The van der Waals surface area contributed by atoms with E-state index in [1.807, 2.05) is 6.92 Å². The van der Waals surface area contributed by atoms with Gasteiger partial charge in [0, 0.05) is 12.6 Å². The molecule has 1 N–H and O–H groups in total. The van der Waals surface area contributed by atoms with Gasteiger partial charge in [-0.2, -0.15) is 13.2 Å². The summed E-state index contributed by atoms with van der Waals surface area (Å²) >= 11 is 12.1. The summed E-state index contributed by atoms with van der Waals surface area (Å²) in [6.45, 7) is 4.16. The molecule has 204 valence electrons. The lowest BCUT2D eigenvalue weighted by Crippen LogP contribution is -2.52. The molecule has 2 aromatic carbocycles. The number of halogens is 5. The highest BCUT2D eigenvalue weighted by Gasteiger charge is 2.33. The normalized spacial score (nSPS) is 13.5. The fraction of sp³-hybridized carbons (Fsp3) is 0.417. The first kappa shape index (κ1) is 30.7. The Morgan fingerprint density at radius 3 is 2.24 bits per heavy atom. The standard InChI is InChI=1S/C24H28Cl2F3N3O4S/c1-5-15(2)30-23(34)16(3)31(13-17-9-10-20(25)21(26)11-17)22(33)14-32(37(4,35)36)19-8-6-7-18(12-19)24(27,28)29/h6-12,15-16H,5,13-14H2,1-4H3,(H,30,34)/t15-,16+/m0/s1. The number of amides is 2. The summed E-state index contributed by atoms with van der Waals surface area (Å²) in [6, 6.07) is 7.04. The van der Waals surface area contributed by atoms with Gasteiger partial charge in [-0.3, -0.25) is 13.9 Å². The third-order valence-electron chi connectivity index (χ3n) is 5.65. The van der Waals surface area contributed by atoms with Gasteiger partial charge in [0.1, 0.15) is 12.6 Å². The van der Waals surface area contributed by atoms with Crippen LogP contribution >= 0.6 is 23.2 Å². The van der Waals surface area contributed by atoms with E-state index in [0.717, 1.165) is 29.4 Å². The quantitative estimate of drug-likeness (QED) is 0.422. The number of carbonyl (C=O) groups excluding carboxylic acids is 2. The molecule has 0 aliphatic heterocycles. The third-order valence-corrected chi connectivity index (χ3v) is 7.53. The van der Waals surface area contributed by atoms with Crippen LogP contribution in [0.5, 0.6) is 0 Å². The minimum Gasteiger partial charge on any atom is -0.352 e. The van der Waals surface area contributed by atoms with Gasteiger partial charge in [0.05, 0.1) is 27.6 Å². The fourth-order valence-corrected chi connectivity index (χ4v) is 4.50. The predicted octanol–water partition coefficient (Wildman–Crippen LogP) is 5.11. The van der Waals surface area contributed by atoms with Crippen molar-refractivity contribution in [3.63, 3.8) is 0 Å². The fourth-order valence-electron chi connectivity index (χ4n) is 3.33. The molecule has 0 saturated carbocycles. The van der Waals surface area contributed by atoms with E-state index in [1.165, 1.54) is 19.1 Å². The second kappa shape index (κ2) is 12.4. The second-order valence-electron chi connectivity index (χ2n) is 8.58. The maximum atomic E-state index is 13.5. The van der Waals surface area contributed by atoms with Crippen molar-refractivity contribution in [1.82, 2.24) is 10.2 Å². The molecule has 0 fully saturated rings. The van der Waals surface area contributed by atoms with Crippen molar-refractivity contribution >= 4 is 50.7 Å². The molecule has 37 heavy (non-hydrogen) atoms. The number of rotatable bonds is 10. The summed E-state index contributed by atoms with van der Waals surface area (Å²) in [6.07, 6.45) is -3.30. The Morgan fingerprint density at radius 2 is 1.70 bits per heavy atom. The van der Waals surface area contributed by atoms with Crippen LogP contribution in [-0.4, -0.2) is 50.0 Å². The van der Waals surface area contributed by atoms with E-state index in [9.17, 15) is 31.2 Å². The van der Waals surface area contributed by atoms with Gasteiger partial charge < -0.3 is 10.2 Å². The average molecular weight is 582 g/mol. The number of alkyl halides is 3. The lowest BCUT2D eigenvalue weighted by Gasteiger charge is -2.32. The number of carbonyl (C=O) groups is 2. The molecule has 0 unspecified atom stereocenters. The first-order valence-electron chi connectivity index (χ1n) is 11.2. The first-order valence-corrected chi connectivity index (χ1v) is 13.8. The molecule has 2 aromatic rings. The van der Waals surface area contributed by atoms with Crippen LogP contribution in [0.3, 0.4) is 0 Å². The van der Waals surface area contributed by atoms with Gasteiger partial charge in [-0.05, 0) is 56.2 Å². The molecule has 0 saturated heterocycles. The Hall–Kier alpha value is -2.50. The SMILES string of the molecule is CC[C@H](C)NC(=O)[C@@H](C)N(Cc1ccc(Cl)c(Cl)c1)C(=O)CN(c1cccc(C(F)(F)F)c1)S(C)(=O)=O. The minimum absolute atomic E-state index is 0.134. The summed E-state index contributed by atoms with van der Waals surface area (Å²) in [5, 5.41) is 3.26. The topological polar surface area (TPSA) is 86.8 Å². The van der Waals surface area contributed by atoms with Crippen molar-refractivity contribution in [3.05, 3.63) is 63.6 Å². The van der Waals surface area contributed by atoms with Crippen LogP contribution < -0.4 is 9.62 Å². The molecular formula is C24H28Cl2F3N3O4S. The molecule has 7 nitrogen and oxygen atoms in total. The Morgan fingerprint density at radius 1 is 1.05 bits per heavy atom. The minimum atomic E-state index is -4.72. The van der Waals surface area contributed by atoms with Crippen LogP contribution in [0.1, 0.15) is 38.3 Å². The molecule has 0 aromatic heterocycles. The lowest BCUT2D eigenvalue weighted by molar-refractivity contribution is -0.139. The third kappa shape index (κ3) is 8.51. The van der Waals surface area contributed by atoms with E-state index in [0.29, 0.717) is 22.4 Å². The number of nitrogens with one attached hydrogen (secondary N) is 1. The molecule has 0 heterocycles. The highest BCUT2D eigenvalue weighted by molar-refractivity contribution is 7.92. The molecule has 0 bridgehead atoms. The van der Waals surface area contributed by atoms with Crippen LogP contribution in [0.15, 0.2) is 42.5 Å². The zero-order valence-corrected chi connectivity index (χ0v) is 23.0. The van der Waals surface area contributed by atoms with E-state index in [1.54, 1.807) is 13.0 Å². The van der Waals surface area contributed by atoms with Crippen LogP contribution in [0.4, 0.5) is 18.9 Å². The van der Waals surface area contributed by atoms with Gasteiger partial charge in [-0.25, -0.2) is 8.42 Å². The predicted molar refractivity (Wildman–Crippen MR) is 138 cm³/mol. The molecular weight excluding hydrogens is 554 g/mol. The van der Waals surface area contributed by atoms with Gasteiger partial charge >= 0.3 is 6.18 Å². The van der Waals surface area contributed by atoms with E-state index < -0.39 is 46.2 Å². The number of hydrogen-bond acceptors (Lipinski definition) is 4. The molecule has 0 radical (unpaired) electrons. The van der Waals surface area contributed by atoms with E-state index in [-0.39, 0.29) is 28.3 Å². The van der Waals surface area contributed by atoms with Crippen LogP contribution in [0.2, 0.25) is 10.0 Å². The van der Waals surface area contributed by atoms with Crippen molar-refractivity contribution < 1.29 is 31.2 Å². The van der Waals surface area contributed by atoms with Crippen LogP contribution in [0.25, 0.3) is 0 Å². The monoisotopic (exact) mass is 581 g/mol. The highest BCUT2D eigenvalue weighted by Crippen LogP contribution is 2.32. The number of benzene rings is 2. The second-order valence-corrected chi connectivity index (χ2v) is 11.3. The molecule has 0 aliphatic carbocycles. The summed E-state index contributed by atoms with van der Waals surface area (Å²) in [4.78, 5) is 27.5. The number of sulfonamides is 1. The Bertz CT molecular complexity index is 1240. The molecule has 2 atom stereocenters. The maximum absolute atomic E-state index is 13.5. The van der Waals surface area contributed by atoms with E-state index >= 15 is 0 Å².